The number of carbonyl (C=O) groups is 1. The fraction of sp³-hybridized carbons (Fsp3) is 0.267. The van der Waals surface area contributed by atoms with Gasteiger partial charge in [0.1, 0.15) is 5.75 Å². The molecule has 1 N–H and O–H groups in total. The van der Waals surface area contributed by atoms with E-state index < -0.39 is 6.10 Å². The third-order valence-corrected chi connectivity index (χ3v) is 2.88. The van der Waals surface area contributed by atoms with Crippen molar-refractivity contribution in [3.05, 3.63) is 47.8 Å². The SMILES string of the molecule is C[C@H](Oc1ccc(C#N)cc1)C(=O)NCc1ccn(C)n1. The van der Waals surface area contributed by atoms with E-state index >= 15 is 0 Å². The molecule has 1 atom stereocenters. The van der Waals surface area contributed by atoms with Crippen molar-refractivity contribution < 1.29 is 9.53 Å². The largest absolute Gasteiger partial charge is 0.481 e. The number of aromatic nitrogens is 2. The zero-order valence-electron chi connectivity index (χ0n) is 11.9. The van der Waals surface area contributed by atoms with Gasteiger partial charge < -0.3 is 10.1 Å². The molecule has 6 heteroatoms. The number of nitriles is 1. The minimum atomic E-state index is -0.623. The Morgan fingerprint density at radius 2 is 2.14 bits per heavy atom. The Morgan fingerprint density at radius 3 is 2.71 bits per heavy atom. The number of carbonyl (C=O) groups excluding carboxylic acids is 1. The zero-order valence-corrected chi connectivity index (χ0v) is 11.9. The van der Waals surface area contributed by atoms with Crippen LogP contribution in [0, 0.1) is 11.3 Å². The summed E-state index contributed by atoms with van der Waals surface area (Å²) in [4.78, 5) is 11.9. The van der Waals surface area contributed by atoms with Gasteiger partial charge in [0.05, 0.1) is 23.9 Å². The van der Waals surface area contributed by atoms with E-state index in [1.165, 1.54) is 0 Å². The quantitative estimate of drug-likeness (QED) is 0.899. The Labute approximate surface area is 123 Å². The van der Waals surface area contributed by atoms with Crippen LogP contribution in [0.1, 0.15) is 18.2 Å². The van der Waals surface area contributed by atoms with E-state index in [0.717, 1.165) is 5.69 Å². The molecule has 0 saturated carbocycles. The van der Waals surface area contributed by atoms with Crippen LogP contribution in [-0.4, -0.2) is 21.8 Å². The molecule has 21 heavy (non-hydrogen) atoms. The maximum atomic E-state index is 11.9. The Hall–Kier alpha value is -2.81. The minimum absolute atomic E-state index is 0.218. The smallest absolute Gasteiger partial charge is 0.261 e. The molecule has 0 radical (unpaired) electrons. The molecule has 108 valence electrons. The van der Waals surface area contributed by atoms with Gasteiger partial charge in [-0.25, -0.2) is 0 Å². The first-order valence-electron chi connectivity index (χ1n) is 6.51. The molecule has 0 aliphatic heterocycles. The van der Waals surface area contributed by atoms with Crippen molar-refractivity contribution in [2.24, 2.45) is 7.05 Å². The highest BCUT2D eigenvalue weighted by Crippen LogP contribution is 2.13. The van der Waals surface area contributed by atoms with E-state index in [1.54, 1.807) is 35.9 Å². The van der Waals surface area contributed by atoms with Crippen LogP contribution in [0.15, 0.2) is 36.5 Å². The van der Waals surface area contributed by atoms with Gasteiger partial charge in [-0.15, -0.1) is 0 Å². The second kappa shape index (κ2) is 6.57. The van der Waals surface area contributed by atoms with Crippen molar-refractivity contribution in [1.29, 1.82) is 5.26 Å². The normalized spacial score (nSPS) is 11.5. The summed E-state index contributed by atoms with van der Waals surface area (Å²) in [5.74, 6) is 0.333. The van der Waals surface area contributed by atoms with Crippen molar-refractivity contribution in [1.82, 2.24) is 15.1 Å². The number of benzene rings is 1. The lowest BCUT2D eigenvalue weighted by molar-refractivity contribution is -0.127. The molecule has 0 unspecified atom stereocenters. The molecule has 1 amide bonds. The van der Waals surface area contributed by atoms with Gasteiger partial charge in [-0.2, -0.15) is 10.4 Å². The third-order valence-electron chi connectivity index (χ3n) is 2.88. The first kappa shape index (κ1) is 14.6. The number of aryl methyl sites for hydroxylation is 1. The molecule has 0 aliphatic carbocycles. The number of nitrogens with one attached hydrogen (secondary N) is 1. The molecule has 2 rings (SSSR count). The second-order valence-corrected chi connectivity index (χ2v) is 4.59. The second-order valence-electron chi connectivity index (χ2n) is 4.59. The first-order chi connectivity index (χ1) is 10.1. The van der Waals surface area contributed by atoms with Gasteiger partial charge in [-0.3, -0.25) is 9.48 Å². The van der Waals surface area contributed by atoms with Gasteiger partial charge in [0.15, 0.2) is 6.10 Å². The number of ether oxygens (including phenoxy) is 1. The summed E-state index contributed by atoms with van der Waals surface area (Å²) >= 11 is 0. The molecular weight excluding hydrogens is 268 g/mol. The molecule has 6 nitrogen and oxygen atoms in total. The number of hydrogen-bond acceptors (Lipinski definition) is 4. The molecule has 0 aliphatic rings. The summed E-state index contributed by atoms with van der Waals surface area (Å²) in [5.41, 5.74) is 1.34. The number of amides is 1. The van der Waals surface area contributed by atoms with E-state index in [2.05, 4.69) is 10.4 Å². The predicted octanol–water partition coefficient (Wildman–Crippen LogP) is 1.38. The Kier molecular flexibility index (Phi) is 4.57. The maximum absolute atomic E-state index is 11.9. The number of nitrogens with zero attached hydrogens (tertiary/aromatic N) is 3. The molecule has 2 aromatic rings. The van der Waals surface area contributed by atoms with Gasteiger partial charge in [-0.1, -0.05) is 0 Å². The van der Waals surface area contributed by atoms with E-state index in [0.29, 0.717) is 17.9 Å². The third kappa shape index (κ3) is 4.08. The Morgan fingerprint density at radius 1 is 1.43 bits per heavy atom. The van der Waals surface area contributed by atoms with Gasteiger partial charge >= 0.3 is 0 Å². The molecule has 1 heterocycles. The summed E-state index contributed by atoms with van der Waals surface area (Å²) in [5, 5.41) is 15.7. The summed E-state index contributed by atoms with van der Waals surface area (Å²) in [7, 11) is 1.82. The van der Waals surface area contributed by atoms with Crippen LogP contribution in [0.3, 0.4) is 0 Å². The van der Waals surface area contributed by atoms with Crippen molar-refractivity contribution in [3.8, 4) is 11.8 Å². The average molecular weight is 284 g/mol. The maximum Gasteiger partial charge on any atom is 0.261 e. The van der Waals surface area contributed by atoms with Crippen LogP contribution in [0.25, 0.3) is 0 Å². The van der Waals surface area contributed by atoms with Crippen molar-refractivity contribution >= 4 is 5.91 Å². The summed E-state index contributed by atoms with van der Waals surface area (Å²) in [6, 6.07) is 10.5. The van der Waals surface area contributed by atoms with Gasteiger partial charge in [0, 0.05) is 13.2 Å². The van der Waals surface area contributed by atoms with Crippen LogP contribution in [-0.2, 0) is 18.4 Å². The molecule has 1 aromatic heterocycles. The zero-order chi connectivity index (χ0) is 15.2. The highest BCUT2D eigenvalue weighted by molar-refractivity contribution is 5.80. The van der Waals surface area contributed by atoms with Crippen LogP contribution >= 0.6 is 0 Å². The van der Waals surface area contributed by atoms with Gasteiger partial charge in [-0.05, 0) is 37.3 Å². The van der Waals surface area contributed by atoms with Crippen molar-refractivity contribution in [2.45, 2.75) is 19.6 Å². The minimum Gasteiger partial charge on any atom is -0.481 e. The lowest BCUT2D eigenvalue weighted by atomic mass is 10.2. The van der Waals surface area contributed by atoms with Crippen LogP contribution in [0.2, 0.25) is 0 Å². The standard InChI is InChI=1S/C15H16N4O2/c1-11(21-14-5-3-12(9-16)4-6-14)15(20)17-10-13-7-8-19(2)18-13/h3-8,11H,10H2,1-2H3,(H,17,20)/t11-/m0/s1. The lowest BCUT2D eigenvalue weighted by Crippen LogP contribution is -2.36. The van der Waals surface area contributed by atoms with Gasteiger partial charge in [0.25, 0.3) is 5.91 Å². The summed E-state index contributed by atoms with van der Waals surface area (Å²) < 4.78 is 7.20. The fourth-order valence-corrected chi connectivity index (χ4v) is 1.74. The van der Waals surface area contributed by atoms with Crippen LogP contribution < -0.4 is 10.1 Å². The molecule has 0 saturated heterocycles. The summed E-state index contributed by atoms with van der Waals surface area (Å²) in [6.45, 7) is 2.03. The summed E-state index contributed by atoms with van der Waals surface area (Å²) in [6.07, 6.45) is 1.19. The molecular formula is C15H16N4O2. The van der Waals surface area contributed by atoms with Crippen molar-refractivity contribution in [2.75, 3.05) is 0 Å². The number of hydrogen-bond donors (Lipinski definition) is 1. The molecule has 0 fully saturated rings. The first-order valence-corrected chi connectivity index (χ1v) is 6.51. The number of rotatable bonds is 5. The van der Waals surface area contributed by atoms with Gasteiger partial charge in [0.2, 0.25) is 0 Å². The van der Waals surface area contributed by atoms with E-state index in [9.17, 15) is 4.79 Å². The Balaban J connectivity index is 1.85. The van der Waals surface area contributed by atoms with Crippen LogP contribution in [0.5, 0.6) is 5.75 Å². The van der Waals surface area contributed by atoms with E-state index in [1.807, 2.05) is 25.4 Å². The molecule has 0 bridgehead atoms. The highest BCUT2D eigenvalue weighted by Gasteiger charge is 2.14. The topological polar surface area (TPSA) is 79.9 Å². The van der Waals surface area contributed by atoms with E-state index in [4.69, 9.17) is 10.00 Å². The Bertz CT molecular complexity index is 655. The fourth-order valence-electron chi connectivity index (χ4n) is 1.74. The predicted molar refractivity (Wildman–Crippen MR) is 76.3 cm³/mol. The average Bonchev–Trinajstić information content (AvgIpc) is 2.91. The van der Waals surface area contributed by atoms with Crippen molar-refractivity contribution in [3.63, 3.8) is 0 Å². The highest BCUT2D eigenvalue weighted by atomic mass is 16.5. The monoisotopic (exact) mass is 284 g/mol. The lowest BCUT2D eigenvalue weighted by Gasteiger charge is -2.14. The molecule has 0 spiro atoms. The molecule has 1 aromatic carbocycles. The van der Waals surface area contributed by atoms with E-state index in [-0.39, 0.29) is 5.91 Å². The van der Waals surface area contributed by atoms with Crippen LogP contribution in [0.4, 0.5) is 0 Å².